The Hall–Kier alpha value is -13.5. The number of aliphatic hydroxyl groups is 1. The van der Waals surface area contributed by atoms with Crippen LogP contribution in [0.4, 0.5) is 0 Å². The van der Waals surface area contributed by atoms with Gasteiger partial charge in [0.05, 0.1) is 43.9 Å². The van der Waals surface area contributed by atoms with E-state index < -0.39 is 223 Å². The SMILES string of the molecule is CCCCC1C(=O)N(C)C(CCCC)C(=O)NC(CCCNC(=N)N)C(=O)NC(C(=O)NCC(N)=O)CSCC(=O)NC(Cc2ccccc2)C(=O)N(C)C(C)C(=O)NC(CC(N)=O)C(=O)N2CCCC2C(=O)NC(Cc2c[nH]cn2)C(=O)NC(CC(C)C)C(=O)N(C)CC(=O)NC(Cc2c[nH]c3ccccc23)C(=O)NC(CO)C(=O)NC(Cc2c[nH]c3ccccc23)C(=O)N1C. The van der Waals surface area contributed by atoms with Crippen molar-refractivity contribution in [3.05, 3.63) is 126 Å². The van der Waals surface area contributed by atoms with Crippen LogP contribution in [-0.4, -0.2) is 307 Å². The number of para-hydroxylation sites is 2. The zero-order chi connectivity index (χ0) is 96.6. The summed E-state index contributed by atoms with van der Waals surface area (Å²) in [6, 6.07) is 2.88. The van der Waals surface area contributed by atoms with Gasteiger partial charge in [0.1, 0.15) is 78.5 Å². The van der Waals surface area contributed by atoms with Crippen molar-refractivity contribution in [2.75, 3.05) is 72.5 Å². The Labute approximate surface area is 768 Å². The summed E-state index contributed by atoms with van der Waals surface area (Å²) in [6.07, 6.45) is 6.05. The first kappa shape index (κ1) is 104. The number of nitrogens with zero attached hydrogens (tertiary/aromatic N) is 6. The molecule has 0 spiro atoms. The lowest BCUT2D eigenvalue weighted by molar-refractivity contribution is -0.149. The van der Waals surface area contributed by atoms with E-state index in [1.807, 2.05) is 13.8 Å². The van der Waals surface area contributed by atoms with Gasteiger partial charge >= 0.3 is 0 Å². The molecule has 2 saturated heterocycles. The van der Waals surface area contributed by atoms with Crippen LogP contribution in [-0.2, 0) is 107 Å². The summed E-state index contributed by atoms with van der Waals surface area (Å²) < 4.78 is 0. The zero-order valence-corrected chi connectivity index (χ0v) is 76.7. The molecule has 42 nitrogen and oxygen atoms in total. The molecular weight excluding hydrogens is 1730 g/mol. The summed E-state index contributed by atoms with van der Waals surface area (Å²) in [4.78, 5) is 267. The molecule has 2 aliphatic rings. The number of unbranched alkanes of at least 4 members (excludes halogenated alkanes) is 2. The molecule has 2 aliphatic heterocycles. The van der Waals surface area contributed by atoms with E-state index in [0.29, 0.717) is 64.2 Å². The molecule has 43 heteroatoms. The first-order valence-corrected chi connectivity index (χ1v) is 45.4. The molecule has 0 aliphatic carbocycles. The van der Waals surface area contributed by atoms with Gasteiger partial charge in [-0.1, -0.05) is 120 Å². The maximum atomic E-state index is 15.7. The Kier molecular flexibility index (Phi) is 39.9. The number of primary amides is 2. The van der Waals surface area contributed by atoms with Crippen LogP contribution in [0.1, 0.15) is 134 Å². The molecule has 6 aromatic rings. The molecule has 13 unspecified atom stereocenters. The highest BCUT2D eigenvalue weighted by molar-refractivity contribution is 8.00. The lowest BCUT2D eigenvalue weighted by atomic mass is 10.00. The summed E-state index contributed by atoms with van der Waals surface area (Å²) >= 11 is 0.795. The fourth-order valence-electron chi connectivity index (χ4n) is 15.8. The molecule has 716 valence electrons. The number of carbonyl (C=O) groups excluding carboxylic acids is 17. The molecule has 8 rings (SSSR count). The van der Waals surface area contributed by atoms with Crippen LogP contribution >= 0.6 is 11.8 Å². The molecule has 5 heterocycles. The number of nitrogens with two attached hydrogens (primary N) is 3. The Morgan fingerprint density at radius 1 is 0.538 bits per heavy atom. The summed E-state index contributed by atoms with van der Waals surface area (Å²) in [6.45, 7) is 5.92. The normalized spacial score (nSPS) is 23.5. The number of hydrogen-bond donors (Lipinski definition) is 19. The molecule has 22 N–H and O–H groups in total. The van der Waals surface area contributed by atoms with Crippen LogP contribution in [0, 0.1) is 11.3 Å². The number of rotatable bonds is 26. The minimum absolute atomic E-state index is 0.00140. The first-order chi connectivity index (χ1) is 62.9. The fraction of sp³-hybridized carbons (Fsp3) is 0.517. The van der Waals surface area contributed by atoms with E-state index in [0.717, 1.165) is 36.3 Å². The highest BCUT2D eigenvalue weighted by Crippen LogP contribution is 2.26. The number of aromatic amines is 3. The Bertz CT molecular complexity index is 5050. The number of aliphatic hydroxyl groups excluding tert-OH is 1. The van der Waals surface area contributed by atoms with Gasteiger partial charge < -0.3 is 120 Å². The van der Waals surface area contributed by atoms with E-state index in [4.69, 9.17) is 22.6 Å². The Morgan fingerprint density at radius 2 is 1.08 bits per heavy atom. The van der Waals surface area contributed by atoms with Crippen LogP contribution in [0.2, 0.25) is 0 Å². The second kappa shape index (κ2) is 50.6. The van der Waals surface area contributed by atoms with Crippen molar-refractivity contribution in [3.8, 4) is 0 Å². The molecule has 13 atom stereocenters. The molecule has 3 aromatic carbocycles. The molecule has 0 radical (unpaired) electrons. The highest BCUT2D eigenvalue weighted by Gasteiger charge is 2.44. The predicted molar refractivity (Wildman–Crippen MR) is 490 cm³/mol. The summed E-state index contributed by atoms with van der Waals surface area (Å²) in [5, 5.41) is 49.4. The molecule has 3 aromatic heterocycles. The van der Waals surface area contributed by atoms with E-state index in [2.05, 4.69) is 78.4 Å². The van der Waals surface area contributed by atoms with Gasteiger partial charge in [-0.05, 0) is 86.6 Å². The van der Waals surface area contributed by atoms with Gasteiger partial charge in [0, 0.05) is 113 Å². The van der Waals surface area contributed by atoms with Crippen molar-refractivity contribution in [1.29, 1.82) is 5.41 Å². The van der Waals surface area contributed by atoms with Crippen molar-refractivity contribution in [2.24, 2.45) is 23.1 Å². The molecule has 17 amide bonds. The summed E-state index contributed by atoms with van der Waals surface area (Å²) in [5.74, 6) is -17.1. The van der Waals surface area contributed by atoms with Crippen molar-refractivity contribution in [1.82, 2.24) is 103 Å². The van der Waals surface area contributed by atoms with E-state index in [9.17, 15) is 62.6 Å². The number of fused-ring (bicyclic) bond motifs is 3. The largest absolute Gasteiger partial charge is 0.394 e. The van der Waals surface area contributed by atoms with Gasteiger partial charge in [0.25, 0.3) is 0 Å². The van der Waals surface area contributed by atoms with Gasteiger partial charge in [-0.3, -0.25) is 86.9 Å². The lowest BCUT2D eigenvalue weighted by Gasteiger charge is -2.36. The number of thioether (sulfide) groups is 1. The summed E-state index contributed by atoms with van der Waals surface area (Å²) in [7, 11) is 5.25. The average Bonchev–Trinajstić information content (AvgIpc) is 1.48. The van der Waals surface area contributed by atoms with E-state index >= 15 is 24.0 Å². The smallest absolute Gasteiger partial charge is 0.246 e. The van der Waals surface area contributed by atoms with Gasteiger partial charge in [0.2, 0.25) is 100 Å². The number of amides is 17. The number of nitrogens with one attached hydrogen (secondary N) is 15. The van der Waals surface area contributed by atoms with Crippen molar-refractivity contribution < 1.29 is 86.6 Å². The maximum Gasteiger partial charge on any atom is 0.246 e. The third kappa shape index (κ3) is 30.0. The second-order valence-electron chi connectivity index (χ2n) is 33.6. The molecule has 0 bridgehead atoms. The van der Waals surface area contributed by atoms with Crippen LogP contribution in [0.5, 0.6) is 0 Å². The van der Waals surface area contributed by atoms with Crippen LogP contribution in [0.25, 0.3) is 21.8 Å². The Morgan fingerprint density at radius 3 is 1.67 bits per heavy atom. The number of carbonyl (C=O) groups is 17. The zero-order valence-electron chi connectivity index (χ0n) is 75.9. The van der Waals surface area contributed by atoms with Crippen LogP contribution in [0.3, 0.4) is 0 Å². The van der Waals surface area contributed by atoms with Crippen molar-refractivity contribution in [3.63, 3.8) is 0 Å². The second-order valence-corrected chi connectivity index (χ2v) is 34.7. The molecular formula is C89H126N24O18S. The number of hydrogen-bond acceptors (Lipinski definition) is 21. The fourth-order valence-corrected chi connectivity index (χ4v) is 16.6. The minimum atomic E-state index is -1.85. The minimum Gasteiger partial charge on any atom is -0.394 e. The monoisotopic (exact) mass is 1850 g/mol. The number of aromatic nitrogens is 4. The van der Waals surface area contributed by atoms with Crippen molar-refractivity contribution in [2.45, 2.75) is 216 Å². The van der Waals surface area contributed by atoms with E-state index in [1.165, 1.54) is 47.6 Å². The topological polar surface area (TPSA) is 621 Å². The number of guanidine groups is 1. The molecule has 132 heavy (non-hydrogen) atoms. The van der Waals surface area contributed by atoms with E-state index in [1.54, 1.807) is 105 Å². The Balaban J connectivity index is 1.18. The van der Waals surface area contributed by atoms with Gasteiger partial charge in [0.15, 0.2) is 5.96 Å². The van der Waals surface area contributed by atoms with Gasteiger partial charge in [-0.15, -0.1) is 11.8 Å². The standard InChI is InChI=1S/C89H126N24O18S/c1-10-12-30-69-82(125)102-60(29-21-33-95-89(92)93)78(121)108-68(77(120)98-44-73(91)116)47-132-48-75(118)101-64(36-52-23-15-14-16-24-52)85(128)110(7)51(5)76(119)104-66(40-72(90)115)87(130)113-34-22-32-70(113)83(126)103-62(39-55-43-94-49-99-55)80(123)105-63(35-50(3)4)84(127)109(6)45-74(117)100-61(37-53-41-96-58-27-19-17-25-56(53)58)79(122)107-67(46-114)81(124)106-65(38-54-42-97-59-28-20-18-26-57(54)59)86(129)112(9)71(31-13-11-2)88(131)111(69)8/h14-20,23-28,41-43,49-51,60-71,96-97,114H,10-13,21-22,29-40,44-48H2,1-9H3,(H2,90,115)(H2,91,116)(H,94,99)(H,98,120)(H,100,117)(H,101,118)(H,102,125)(H,103,126)(H,104,119)(H,105,123)(H,106,124)(H,107,122)(H,108,121)(H4,92,93,95). The van der Waals surface area contributed by atoms with Gasteiger partial charge in [-0.2, -0.15) is 0 Å². The van der Waals surface area contributed by atoms with E-state index in [-0.39, 0.29) is 95.3 Å². The number of H-pyrrole nitrogens is 3. The first-order valence-electron chi connectivity index (χ1n) is 44.2. The summed E-state index contributed by atoms with van der Waals surface area (Å²) in [5.41, 5.74) is 20.0. The average molecular weight is 1850 g/mol. The van der Waals surface area contributed by atoms with Crippen LogP contribution in [0.15, 0.2) is 104 Å². The third-order valence-corrected chi connectivity index (χ3v) is 24.2. The number of benzene rings is 3. The predicted octanol–water partition coefficient (Wildman–Crippen LogP) is -2.14. The number of imidazole rings is 1. The van der Waals surface area contributed by atoms with Crippen LogP contribution < -0.4 is 75.7 Å². The lowest BCUT2D eigenvalue weighted by Crippen LogP contribution is -2.61. The van der Waals surface area contributed by atoms with Gasteiger partial charge in [-0.25, -0.2) is 4.98 Å². The van der Waals surface area contributed by atoms with Crippen molar-refractivity contribution >= 4 is 140 Å². The highest BCUT2D eigenvalue weighted by atomic mass is 32.2. The maximum absolute atomic E-state index is 15.7. The number of likely N-dealkylation sites (N-methyl/N-ethyl adjacent to an activating group) is 4. The quantitative estimate of drug-likeness (QED) is 0.0157. The molecule has 0 saturated carbocycles. The molecule has 2 fully saturated rings. The third-order valence-electron chi connectivity index (χ3n) is 23.1.